The van der Waals surface area contributed by atoms with Gasteiger partial charge in [-0.05, 0) is 69.4 Å². The Balaban J connectivity index is 2.09. The SMILES string of the molecule is CCN1CCC(CNS(=O)(=O)c2c(Br)cc(N)cc2Br)C1. The number of hydrogen-bond acceptors (Lipinski definition) is 4. The number of sulfonamides is 1. The summed E-state index contributed by atoms with van der Waals surface area (Å²) in [6.07, 6.45) is 1.03. The lowest BCUT2D eigenvalue weighted by atomic mass is 10.1. The zero-order chi connectivity index (χ0) is 15.6. The molecule has 0 spiro atoms. The molecule has 1 unspecified atom stereocenters. The highest BCUT2D eigenvalue weighted by molar-refractivity contribution is 9.11. The number of nitrogen functional groups attached to an aromatic ring is 1. The van der Waals surface area contributed by atoms with Gasteiger partial charge in [0.25, 0.3) is 0 Å². The molecule has 8 heteroatoms. The summed E-state index contributed by atoms with van der Waals surface area (Å²) in [5.74, 6) is 0.367. The highest BCUT2D eigenvalue weighted by Gasteiger charge is 2.26. The summed E-state index contributed by atoms with van der Waals surface area (Å²) in [5.41, 5.74) is 6.20. The van der Waals surface area contributed by atoms with Crippen LogP contribution >= 0.6 is 31.9 Å². The second kappa shape index (κ2) is 6.95. The van der Waals surface area contributed by atoms with E-state index in [-0.39, 0.29) is 4.90 Å². The zero-order valence-corrected chi connectivity index (χ0v) is 15.8. The molecule has 1 saturated heterocycles. The van der Waals surface area contributed by atoms with Crippen LogP contribution in [0.4, 0.5) is 5.69 Å². The van der Waals surface area contributed by atoms with Crippen LogP contribution in [0.15, 0.2) is 26.0 Å². The maximum absolute atomic E-state index is 12.5. The van der Waals surface area contributed by atoms with Crippen molar-refractivity contribution in [3.63, 3.8) is 0 Å². The highest BCUT2D eigenvalue weighted by Crippen LogP contribution is 2.32. The van der Waals surface area contributed by atoms with Crippen molar-refractivity contribution in [3.05, 3.63) is 21.1 Å². The minimum absolute atomic E-state index is 0.196. The first-order chi connectivity index (χ1) is 9.83. The fourth-order valence-electron chi connectivity index (χ4n) is 2.50. The Labute approximate surface area is 142 Å². The Morgan fingerprint density at radius 1 is 1.38 bits per heavy atom. The maximum atomic E-state index is 12.5. The normalized spacial score (nSPS) is 20.0. The van der Waals surface area contributed by atoms with Crippen LogP contribution in [0.2, 0.25) is 0 Å². The second-order valence-electron chi connectivity index (χ2n) is 5.21. The molecule has 1 atom stereocenters. The van der Waals surface area contributed by atoms with Crippen molar-refractivity contribution >= 4 is 47.6 Å². The molecule has 2 rings (SSSR count). The topological polar surface area (TPSA) is 75.4 Å². The molecule has 0 amide bonds. The first-order valence-electron chi connectivity index (χ1n) is 6.80. The Morgan fingerprint density at radius 2 is 2.00 bits per heavy atom. The number of likely N-dealkylation sites (tertiary alicyclic amines) is 1. The second-order valence-corrected chi connectivity index (χ2v) is 8.63. The van der Waals surface area contributed by atoms with Crippen LogP contribution in [0.1, 0.15) is 13.3 Å². The molecule has 5 nitrogen and oxygen atoms in total. The van der Waals surface area contributed by atoms with Gasteiger partial charge in [-0.25, -0.2) is 13.1 Å². The van der Waals surface area contributed by atoms with Crippen molar-refractivity contribution in [2.45, 2.75) is 18.2 Å². The number of nitrogens with one attached hydrogen (secondary N) is 1. The number of nitrogens with zero attached hydrogens (tertiary/aromatic N) is 1. The van der Waals surface area contributed by atoms with Gasteiger partial charge in [0.15, 0.2) is 0 Å². The van der Waals surface area contributed by atoms with Gasteiger partial charge in [0.05, 0.1) is 0 Å². The quantitative estimate of drug-likeness (QED) is 0.689. The van der Waals surface area contributed by atoms with Crippen LogP contribution in [0.25, 0.3) is 0 Å². The van der Waals surface area contributed by atoms with E-state index < -0.39 is 10.0 Å². The Morgan fingerprint density at radius 3 is 2.52 bits per heavy atom. The minimum Gasteiger partial charge on any atom is -0.399 e. The lowest BCUT2D eigenvalue weighted by molar-refractivity contribution is 0.342. The van der Waals surface area contributed by atoms with Crippen molar-refractivity contribution in [3.8, 4) is 0 Å². The van der Waals surface area contributed by atoms with Crippen molar-refractivity contribution in [2.24, 2.45) is 5.92 Å². The molecular formula is C13H19Br2N3O2S. The first-order valence-corrected chi connectivity index (χ1v) is 9.87. The number of anilines is 1. The van der Waals surface area contributed by atoms with Gasteiger partial charge >= 0.3 is 0 Å². The first kappa shape index (κ1) is 17.2. The van der Waals surface area contributed by atoms with Crippen LogP contribution < -0.4 is 10.5 Å². The number of benzene rings is 1. The predicted octanol–water partition coefficient (Wildman–Crippen LogP) is 2.41. The number of halogens is 2. The Kier molecular flexibility index (Phi) is 5.70. The largest absolute Gasteiger partial charge is 0.399 e. The van der Waals surface area contributed by atoms with E-state index in [1.807, 2.05) is 0 Å². The third-order valence-corrected chi connectivity index (χ3v) is 6.97. The molecule has 118 valence electrons. The highest BCUT2D eigenvalue weighted by atomic mass is 79.9. The summed E-state index contributed by atoms with van der Waals surface area (Å²) in [6.45, 7) is 5.58. The third kappa shape index (κ3) is 4.19. The summed E-state index contributed by atoms with van der Waals surface area (Å²) in [5, 5.41) is 0. The fourth-order valence-corrected chi connectivity index (χ4v) is 6.23. The molecule has 0 aliphatic carbocycles. The molecular weight excluding hydrogens is 422 g/mol. The van der Waals surface area contributed by atoms with Crippen molar-refractivity contribution in [2.75, 3.05) is 31.9 Å². The summed E-state index contributed by atoms with van der Waals surface area (Å²) in [4.78, 5) is 2.52. The van der Waals surface area contributed by atoms with E-state index in [0.29, 0.717) is 27.1 Å². The summed E-state index contributed by atoms with van der Waals surface area (Å²) in [7, 11) is -3.57. The van der Waals surface area contributed by atoms with Gasteiger partial charge in [-0.1, -0.05) is 6.92 Å². The molecule has 1 heterocycles. The number of nitrogens with two attached hydrogens (primary N) is 1. The van der Waals surface area contributed by atoms with Crippen LogP contribution in [0, 0.1) is 5.92 Å². The Bertz CT molecular complexity index is 599. The van der Waals surface area contributed by atoms with Gasteiger partial charge in [0.1, 0.15) is 4.90 Å². The van der Waals surface area contributed by atoms with Gasteiger partial charge < -0.3 is 10.6 Å². The lowest BCUT2D eigenvalue weighted by Crippen LogP contribution is -2.31. The summed E-state index contributed by atoms with van der Waals surface area (Å²) >= 11 is 6.54. The smallest absolute Gasteiger partial charge is 0.242 e. The number of hydrogen-bond donors (Lipinski definition) is 2. The van der Waals surface area contributed by atoms with Crippen LogP contribution in [0.3, 0.4) is 0 Å². The average molecular weight is 441 g/mol. The molecule has 3 N–H and O–H groups in total. The molecule has 0 saturated carbocycles. The third-order valence-electron chi connectivity index (χ3n) is 3.67. The van der Waals surface area contributed by atoms with Gasteiger partial charge in [0.2, 0.25) is 10.0 Å². The standard InChI is InChI=1S/C13H19Br2N3O2S/c1-2-18-4-3-9(8-18)7-17-21(19,20)13-11(14)5-10(16)6-12(13)15/h5-6,9,17H,2-4,7-8,16H2,1H3. The average Bonchev–Trinajstić information content (AvgIpc) is 2.82. The van der Waals surface area contributed by atoms with E-state index in [2.05, 4.69) is 48.4 Å². The number of rotatable bonds is 5. The van der Waals surface area contributed by atoms with E-state index in [1.165, 1.54) is 0 Å². The summed E-state index contributed by atoms with van der Waals surface area (Å²) in [6, 6.07) is 3.18. The molecule has 0 aromatic heterocycles. The summed E-state index contributed by atoms with van der Waals surface area (Å²) < 4.78 is 28.6. The minimum atomic E-state index is -3.57. The predicted molar refractivity (Wildman–Crippen MR) is 91.7 cm³/mol. The van der Waals surface area contributed by atoms with Crippen molar-refractivity contribution < 1.29 is 8.42 Å². The van der Waals surface area contributed by atoms with Crippen molar-refractivity contribution in [1.82, 2.24) is 9.62 Å². The lowest BCUT2D eigenvalue weighted by Gasteiger charge is -2.15. The molecule has 1 fully saturated rings. The van der Waals surface area contributed by atoms with E-state index in [1.54, 1.807) is 12.1 Å². The molecule has 1 aliphatic rings. The van der Waals surface area contributed by atoms with E-state index in [9.17, 15) is 8.42 Å². The molecule has 0 radical (unpaired) electrons. The van der Waals surface area contributed by atoms with Crippen molar-refractivity contribution in [1.29, 1.82) is 0 Å². The molecule has 0 bridgehead atoms. The monoisotopic (exact) mass is 439 g/mol. The van der Waals surface area contributed by atoms with E-state index in [0.717, 1.165) is 26.1 Å². The van der Waals surface area contributed by atoms with E-state index in [4.69, 9.17) is 5.73 Å². The van der Waals surface area contributed by atoms with Crippen LogP contribution in [-0.2, 0) is 10.0 Å². The van der Waals surface area contributed by atoms with Gasteiger partial charge in [-0.2, -0.15) is 0 Å². The molecule has 1 aromatic rings. The maximum Gasteiger partial charge on any atom is 0.242 e. The van der Waals surface area contributed by atoms with E-state index >= 15 is 0 Å². The molecule has 21 heavy (non-hydrogen) atoms. The van der Waals surface area contributed by atoms with Crippen LogP contribution in [0.5, 0.6) is 0 Å². The zero-order valence-electron chi connectivity index (χ0n) is 11.8. The van der Waals surface area contributed by atoms with Gasteiger partial charge in [-0.15, -0.1) is 0 Å². The molecule has 1 aliphatic heterocycles. The van der Waals surface area contributed by atoms with Gasteiger partial charge in [0, 0.05) is 27.7 Å². The molecule has 1 aromatic carbocycles. The van der Waals surface area contributed by atoms with Gasteiger partial charge in [-0.3, -0.25) is 0 Å². The Hall–Kier alpha value is -0.150. The van der Waals surface area contributed by atoms with Crippen LogP contribution in [-0.4, -0.2) is 39.5 Å². The fraction of sp³-hybridized carbons (Fsp3) is 0.538.